The van der Waals surface area contributed by atoms with Gasteiger partial charge < -0.3 is 21.1 Å². The van der Waals surface area contributed by atoms with Gasteiger partial charge in [0, 0.05) is 11.4 Å². The fourth-order valence-electron chi connectivity index (χ4n) is 2.61. The van der Waals surface area contributed by atoms with Crippen LogP contribution in [0.2, 0.25) is 0 Å². The summed E-state index contributed by atoms with van der Waals surface area (Å²) >= 11 is 0. The Morgan fingerprint density at radius 1 is 1.00 bits per heavy atom. The van der Waals surface area contributed by atoms with Gasteiger partial charge in [-0.25, -0.2) is 9.59 Å². The van der Waals surface area contributed by atoms with E-state index in [1.165, 1.54) is 31.2 Å². The second-order valence-corrected chi connectivity index (χ2v) is 6.50. The maximum atomic E-state index is 12.5. The summed E-state index contributed by atoms with van der Waals surface area (Å²) in [5, 5.41) is 5.23. The molecule has 3 amide bonds. The number of nitrogens with two attached hydrogens (primary N) is 1. The van der Waals surface area contributed by atoms with Crippen LogP contribution < -0.4 is 16.4 Å². The van der Waals surface area contributed by atoms with Crippen LogP contribution in [0.15, 0.2) is 48.5 Å². The number of esters is 1. The minimum absolute atomic E-state index is 0.259. The third kappa shape index (κ3) is 5.57. The molecule has 0 spiro atoms. The average Bonchev–Trinajstić information content (AvgIpc) is 2.67. The minimum Gasteiger partial charge on any atom is -0.449 e. The number of ether oxygens (including phenoxy) is 1. The number of rotatable bonds is 7. The molecular formula is C21H25N3O4. The van der Waals surface area contributed by atoms with Crippen LogP contribution in [-0.4, -0.2) is 24.0 Å². The lowest BCUT2D eigenvalue weighted by Crippen LogP contribution is -2.30. The van der Waals surface area contributed by atoms with Gasteiger partial charge in [-0.3, -0.25) is 4.79 Å². The van der Waals surface area contributed by atoms with Crippen molar-refractivity contribution in [3.63, 3.8) is 0 Å². The van der Waals surface area contributed by atoms with Crippen molar-refractivity contribution < 1.29 is 19.1 Å². The molecule has 0 saturated heterocycles. The van der Waals surface area contributed by atoms with Crippen LogP contribution in [-0.2, 0) is 9.53 Å². The third-order valence-corrected chi connectivity index (χ3v) is 4.40. The molecule has 0 radical (unpaired) electrons. The molecule has 0 aliphatic heterocycles. The van der Waals surface area contributed by atoms with E-state index in [0.717, 1.165) is 12.0 Å². The van der Waals surface area contributed by atoms with E-state index >= 15 is 0 Å². The van der Waals surface area contributed by atoms with Crippen molar-refractivity contribution in [2.45, 2.75) is 39.2 Å². The van der Waals surface area contributed by atoms with E-state index in [2.05, 4.69) is 24.5 Å². The molecule has 148 valence electrons. The van der Waals surface area contributed by atoms with Crippen molar-refractivity contribution in [1.82, 2.24) is 0 Å². The monoisotopic (exact) mass is 383 g/mol. The lowest BCUT2D eigenvalue weighted by Gasteiger charge is -2.18. The maximum absolute atomic E-state index is 12.5. The van der Waals surface area contributed by atoms with Crippen molar-refractivity contribution >= 4 is 29.3 Å². The van der Waals surface area contributed by atoms with Gasteiger partial charge in [0.15, 0.2) is 6.10 Å². The second kappa shape index (κ2) is 9.55. The zero-order chi connectivity index (χ0) is 20.7. The molecule has 28 heavy (non-hydrogen) atoms. The smallest absolute Gasteiger partial charge is 0.338 e. The zero-order valence-corrected chi connectivity index (χ0v) is 16.2. The number of urea groups is 1. The molecule has 0 bridgehead atoms. The summed E-state index contributed by atoms with van der Waals surface area (Å²) in [6.07, 6.45) is -0.0289. The van der Waals surface area contributed by atoms with Crippen molar-refractivity contribution in [3.05, 3.63) is 59.7 Å². The second-order valence-electron chi connectivity index (χ2n) is 6.50. The number of para-hydroxylation sites is 1. The first-order chi connectivity index (χ1) is 13.3. The molecule has 0 heterocycles. The number of carbonyl (C=O) groups is 3. The standard InChI is InChI=1S/C21H25N3O4/c1-4-13(2)17-7-5-6-8-18(17)24-19(25)14(3)28-20(26)15-9-11-16(12-10-15)23-21(22)27/h5-14H,4H2,1-3H3,(H,24,25)(H3,22,23,27). The van der Waals surface area contributed by atoms with Crippen LogP contribution in [0.5, 0.6) is 0 Å². The van der Waals surface area contributed by atoms with Gasteiger partial charge in [-0.05, 0) is 55.2 Å². The molecule has 4 N–H and O–H groups in total. The number of amides is 3. The summed E-state index contributed by atoms with van der Waals surface area (Å²) in [6, 6.07) is 12.9. The Morgan fingerprint density at radius 2 is 1.64 bits per heavy atom. The number of hydrogen-bond acceptors (Lipinski definition) is 4. The SMILES string of the molecule is CCC(C)c1ccccc1NC(=O)C(C)OC(=O)c1ccc(NC(N)=O)cc1. The molecule has 2 atom stereocenters. The fourth-order valence-corrected chi connectivity index (χ4v) is 2.61. The number of benzene rings is 2. The van der Waals surface area contributed by atoms with Crippen LogP contribution in [0.25, 0.3) is 0 Å². The van der Waals surface area contributed by atoms with Crippen molar-refractivity contribution in [2.75, 3.05) is 10.6 Å². The molecule has 0 fully saturated rings. The molecule has 0 aliphatic carbocycles. The highest BCUT2D eigenvalue weighted by molar-refractivity contribution is 5.98. The largest absolute Gasteiger partial charge is 0.449 e. The Labute approximate surface area is 164 Å². The summed E-state index contributed by atoms with van der Waals surface area (Å²) in [4.78, 5) is 35.5. The fraction of sp³-hybridized carbons (Fsp3) is 0.286. The Kier molecular flexibility index (Phi) is 7.14. The predicted molar refractivity (Wildman–Crippen MR) is 108 cm³/mol. The van der Waals surface area contributed by atoms with Crippen molar-refractivity contribution in [3.8, 4) is 0 Å². The number of nitrogens with one attached hydrogen (secondary N) is 2. The lowest BCUT2D eigenvalue weighted by molar-refractivity contribution is -0.123. The first kappa shape index (κ1) is 21.0. The summed E-state index contributed by atoms with van der Waals surface area (Å²) in [6.45, 7) is 5.69. The summed E-state index contributed by atoms with van der Waals surface area (Å²) in [5.74, 6) is -0.749. The highest BCUT2D eigenvalue weighted by Gasteiger charge is 2.20. The first-order valence-corrected chi connectivity index (χ1v) is 9.09. The van der Waals surface area contributed by atoms with Crippen molar-refractivity contribution in [2.24, 2.45) is 5.73 Å². The van der Waals surface area contributed by atoms with Gasteiger partial charge >= 0.3 is 12.0 Å². The normalized spacial score (nSPS) is 12.5. The van der Waals surface area contributed by atoms with Crippen LogP contribution in [0.3, 0.4) is 0 Å². The van der Waals surface area contributed by atoms with Gasteiger partial charge in [0.1, 0.15) is 0 Å². The summed E-state index contributed by atoms with van der Waals surface area (Å²) in [7, 11) is 0. The molecule has 0 aromatic heterocycles. The van der Waals surface area contributed by atoms with Crippen LogP contribution in [0.4, 0.5) is 16.2 Å². The summed E-state index contributed by atoms with van der Waals surface area (Å²) in [5.41, 5.74) is 7.50. The van der Waals surface area contributed by atoms with E-state index < -0.39 is 24.0 Å². The molecule has 7 heteroatoms. The maximum Gasteiger partial charge on any atom is 0.338 e. The minimum atomic E-state index is -0.971. The number of carbonyl (C=O) groups excluding carboxylic acids is 3. The Hall–Kier alpha value is -3.35. The highest BCUT2D eigenvalue weighted by atomic mass is 16.5. The molecule has 0 aliphatic rings. The molecule has 2 aromatic carbocycles. The average molecular weight is 383 g/mol. The summed E-state index contributed by atoms with van der Waals surface area (Å²) < 4.78 is 5.26. The zero-order valence-electron chi connectivity index (χ0n) is 16.2. The number of hydrogen-bond donors (Lipinski definition) is 3. The van der Waals surface area contributed by atoms with E-state index in [-0.39, 0.29) is 5.56 Å². The molecule has 2 unspecified atom stereocenters. The Bertz CT molecular complexity index is 849. The third-order valence-electron chi connectivity index (χ3n) is 4.40. The number of primary amides is 1. The van der Waals surface area contributed by atoms with Gasteiger partial charge in [0.25, 0.3) is 5.91 Å². The molecular weight excluding hydrogens is 358 g/mol. The van der Waals surface area contributed by atoms with Gasteiger partial charge in [0.05, 0.1) is 5.56 Å². The Balaban J connectivity index is 2.00. The topological polar surface area (TPSA) is 111 Å². The Morgan fingerprint density at radius 3 is 2.25 bits per heavy atom. The quantitative estimate of drug-likeness (QED) is 0.630. The van der Waals surface area contributed by atoms with E-state index in [9.17, 15) is 14.4 Å². The van der Waals surface area contributed by atoms with Crippen molar-refractivity contribution in [1.29, 1.82) is 0 Å². The highest BCUT2D eigenvalue weighted by Crippen LogP contribution is 2.26. The van der Waals surface area contributed by atoms with Gasteiger partial charge in [-0.2, -0.15) is 0 Å². The lowest BCUT2D eigenvalue weighted by atomic mass is 9.97. The first-order valence-electron chi connectivity index (χ1n) is 9.09. The molecule has 0 saturated carbocycles. The van der Waals surface area contributed by atoms with Gasteiger partial charge in [-0.1, -0.05) is 32.0 Å². The van der Waals surface area contributed by atoms with E-state index in [4.69, 9.17) is 10.5 Å². The predicted octanol–water partition coefficient (Wildman–Crippen LogP) is 3.87. The van der Waals surface area contributed by atoms with Crippen LogP contribution in [0.1, 0.15) is 49.0 Å². The van der Waals surface area contributed by atoms with Gasteiger partial charge in [0.2, 0.25) is 0 Å². The molecule has 7 nitrogen and oxygen atoms in total. The van der Waals surface area contributed by atoms with Gasteiger partial charge in [-0.15, -0.1) is 0 Å². The van der Waals surface area contributed by atoms with E-state index in [1.807, 2.05) is 24.3 Å². The van der Waals surface area contributed by atoms with Crippen LogP contribution >= 0.6 is 0 Å². The number of anilines is 2. The van der Waals surface area contributed by atoms with E-state index in [0.29, 0.717) is 17.3 Å². The molecule has 2 rings (SSSR count). The molecule has 2 aromatic rings. The van der Waals surface area contributed by atoms with Crippen LogP contribution in [0, 0.1) is 0 Å². The van der Waals surface area contributed by atoms with E-state index in [1.54, 1.807) is 0 Å².